The molecule has 0 radical (unpaired) electrons. The van der Waals surface area contributed by atoms with Gasteiger partial charge >= 0.3 is 0 Å². The summed E-state index contributed by atoms with van der Waals surface area (Å²) in [6.45, 7) is 6.02. The molecule has 2 aromatic rings. The quantitative estimate of drug-likeness (QED) is 0.526. The third kappa shape index (κ3) is 6.55. The molecule has 2 N–H and O–H groups in total. The SMILES string of the molecule is C[C@@H]1CN([C@H](C)CO)C(=O)Cc2cc(NS(=O)(=O)c3cccs3)ccc2O[C@@H]1CN(C)CC1CC1. The number of nitrogens with zero attached hydrogens (tertiary/aromatic N) is 2. The Labute approximate surface area is 211 Å². The zero-order valence-electron chi connectivity index (χ0n) is 20.5. The molecule has 1 aromatic carbocycles. The number of ether oxygens (including phenoxy) is 1. The zero-order chi connectivity index (χ0) is 25.2. The normalized spacial score (nSPS) is 22.1. The summed E-state index contributed by atoms with van der Waals surface area (Å²) in [4.78, 5) is 17.3. The molecule has 3 atom stereocenters. The number of carbonyl (C=O) groups excluding carboxylic acids is 1. The first-order valence-corrected chi connectivity index (χ1v) is 14.5. The van der Waals surface area contributed by atoms with Crippen molar-refractivity contribution in [1.82, 2.24) is 9.80 Å². The third-order valence-electron chi connectivity index (χ3n) is 6.69. The molecular formula is C25H35N3O5S2. The standard InChI is InChI=1S/C25H35N3O5S2/c1-17-13-28(18(2)16-29)24(30)12-20-11-21(26-35(31,32)25-5-4-10-34-25)8-9-22(20)33-23(17)15-27(3)14-19-6-7-19/h4-5,8-11,17-19,23,26,29H,6-7,12-16H2,1-3H3/t17-,18-,23-/m1/s1. The number of aliphatic hydroxyl groups excluding tert-OH is 1. The second-order valence-corrected chi connectivity index (χ2v) is 12.8. The van der Waals surface area contributed by atoms with E-state index in [2.05, 4.69) is 23.6 Å². The number of amides is 1. The van der Waals surface area contributed by atoms with E-state index in [9.17, 15) is 18.3 Å². The van der Waals surface area contributed by atoms with Crippen molar-refractivity contribution in [2.45, 2.75) is 49.5 Å². The number of anilines is 1. The number of hydrogen-bond donors (Lipinski definition) is 2. The van der Waals surface area contributed by atoms with Gasteiger partial charge in [0, 0.05) is 36.8 Å². The van der Waals surface area contributed by atoms with Gasteiger partial charge < -0.3 is 19.6 Å². The van der Waals surface area contributed by atoms with Crippen LogP contribution in [0.15, 0.2) is 39.9 Å². The predicted molar refractivity (Wildman–Crippen MR) is 137 cm³/mol. The first kappa shape index (κ1) is 25.9. The molecule has 10 heteroatoms. The van der Waals surface area contributed by atoms with Crippen molar-refractivity contribution >= 4 is 33.0 Å². The minimum atomic E-state index is -3.71. The molecule has 2 aliphatic rings. The summed E-state index contributed by atoms with van der Waals surface area (Å²) in [7, 11) is -1.61. The van der Waals surface area contributed by atoms with Crippen molar-refractivity contribution in [3.05, 3.63) is 41.3 Å². The van der Waals surface area contributed by atoms with Gasteiger partial charge in [-0.3, -0.25) is 9.52 Å². The molecule has 0 spiro atoms. The maximum Gasteiger partial charge on any atom is 0.271 e. The van der Waals surface area contributed by atoms with E-state index in [-0.39, 0.29) is 41.2 Å². The number of carbonyl (C=O) groups is 1. The number of thiophene rings is 1. The number of nitrogens with one attached hydrogen (secondary N) is 1. The average molecular weight is 522 g/mol. The lowest BCUT2D eigenvalue weighted by Gasteiger charge is -2.34. The summed E-state index contributed by atoms with van der Waals surface area (Å²) in [5.41, 5.74) is 1.01. The molecule has 8 nitrogen and oxygen atoms in total. The molecule has 2 heterocycles. The molecular weight excluding hydrogens is 486 g/mol. The van der Waals surface area contributed by atoms with E-state index >= 15 is 0 Å². The molecule has 1 fully saturated rings. The van der Waals surface area contributed by atoms with Crippen molar-refractivity contribution in [2.75, 3.05) is 38.0 Å². The lowest BCUT2D eigenvalue weighted by atomic mass is 10.0. The van der Waals surface area contributed by atoms with Gasteiger partial charge in [-0.15, -0.1) is 11.3 Å². The van der Waals surface area contributed by atoms with E-state index in [0.29, 0.717) is 23.5 Å². The summed E-state index contributed by atoms with van der Waals surface area (Å²) in [6.07, 6.45) is 2.44. The van der Waals surface area contributed by atoms with Crippen LogP contribution in [0, 0.1) is 11.8 Å². The number of benzene rings is 1. The maximum absolute atomic E-state index is 13.3. The maximum atomic E-state index is 13.3. The number of likely N-dealkylation sites (N-methyl/N-ethyl adjacent to an activating group) is 1. The highest BCUT2D eigenvalue weighted by molar-refractivity contribution is 7.94. The van der Waals surface area contributed by atoms with Crippen molar-refractivity contribution < 1.29 is 23.1 Å². The molecule has 0 unspecified atom stereocenters. The second kappa shape index (κ2) is 10.9. The number of aliphatic hydroxyl groups is 1. The Morgan fingerprint density at radius 3 is 2.71 bits per heavy atom. The lowest BCUT2D eigenvalue weighted by Crippen LogP contribution is -2.47. The van der Waals surface area contributed by atoms with E-state index < -0.39 is 10.0 Å². The van der Waals surface area contributed by atoms with Gasteiger partial charge in [-0.2, -0.15) is 0 Å². The van der Waals surface area contributed by atoms with Crippen LogP contribution in [0.3, 0.4) is 0 Å². The highest BCUT2D eigenvalue weighted by Gasteiger charge is 2.32. The minimum Gasteiger partial charge on any atom is -0.488 e. The molecule has 1 saturated carbocycles. The van der Waals surface area contributed by atoms with Gasteiger partial charge in [-0.05, 0) is 62.4 Å². The topological polar surface area (TPSA) is 99.2 Å². The Hall–Kier alpha value is -2.14. The highest BCUT2D eigenvalue weighted by Crippen LogP contribution is 2.32. The first-order valence-electron chi connectivity index (χ1n) is 12.1. The van der Waals surface area contributed by atoms with Crippen LogP contribution in [-0.2, 0) is 21.2 Å². The molecule has 1 aliphatic carbocycles. The van der Waals surface area contributed by atoms with E-state index in [1.165, 1.54) is 12.8 Å². The molecule has 35 heavy (non-hydrogen) atoms. The van der Waals surface area contributed by atoms with Gasteiger partial charge in [0.25, 0.3) is 10.0 Å². The molecule has 1 aromatic heterocycles. The van der Waals surface area contributed by atoms with Gasteiger partial charge in [0.15, 0.2) is 0 Å². The lowest BCUT2D eigenvalue weighted by molar-refractivity contribution is -0.134. The van der Waals surface area contributed by atoms with Crippen LogP contribution >= 0.6 is 11.3 Å². The van der Waals surface area contributed by atoms with E-state index in [1.807, 2.05) is 6.92 Å². The molecule has 192 valence electrons. The van der Waals surface area contributed by atoms with Crippen LogP contribution in [0.25, 0.3) is 0 Å². The molecule has 1 aliphatic heterocycles. The number of hydrogen-bond acceptors (Lipinski definition) is 7. The summed E-state index contributed by atoms with van der Waals surface area (Å²) in [5, 5.41) is 11.5. The van der Waals surface area contributed by atoms with Crippen molar-refractivity contribution in [3.63, 3.8) is 0 Å². The van der Waals surface area contributed by atoms with E-state index in [0.717, 1.165) is 30.3 Å². The van der Waals surface area contributed by atoms with Crippen molar-refractivity contribution in [2.24, 2.45) is 11.8 Å². The summed E-state index contributed by atoms with van der Waals surface area (Å²) in [6, 6.07) is 8.03. The van der Waals surface area contributed by atoms with E-state index in [1.54, 1.807) is 40.6 Å². The highest BCUT2D eigenvalue weighted by atomic mass is 32.2. The Balaban J connectivity index is 1.63. The molecule has 0 bridgehead atoms. The van der Waals surface area contributed by atoms with Crippen molar-refractivity contribution in [1.29, 1.82) is 0 Å². The smallest absolute Gasteiger partial charge is 0.271 e. The molecule has 4 rings (SSSR count). The van der Waals surface area contributed by atoms with E-state index in [4.69, 9.17) is 4.74 Å². The monoisotopic (exact) mass is 521 g/mol. The van der Waals surface area contributed by atoms with Crippen molar-refractivity contribution in [3.8, 4) is 5.75 Å². The van der Waals surface area contributed by atoms with Gasteiger partial charge in [-0.25, -0.2) is 8.42 Å². The summed E-state index contributed by atoms with van der Waals surface area (Å²) < 4.78 is 34.8. The summed E-state index contributed by atoms with van der Waals surface area (Å²) >= 11 is 1.14. The Bertz CT molecular complexity index is 1120. The predicted octanol–water partition coefficient (Wildman–Crippen LogP) is 3.04. The number of rotatable bonds is 9. The number of sulfonamides is 1. The Morgan fingerprint density at radius 2 is 2.06 bits per heavy atom. The van der Waals surface area contributed by atoms with Crippen LogP contribution in [0.4, 0.5) is 5.69 Å². The van der Waals surface area contributed by atoms with Gasteiger partial charge in [0.2, 0.25) is 5.91 Å². The zero-order valence-corrected chi connectivity index (χ0v) is 22.1. The third-order valence-corrected chi connectivity index (χ3v) is 9.47. The van der Waals surface area contributed by atoms with Crippen LogP contribution in [0.5, 0.6) is 5.75 Å². The van der Waals surface area contributed by atoms with Gasteiger partial charge in [0.05, 0.1) is 19.1 Å². The molecule has 0 saturated heterocycles. The fourth-order valence-corrected chi connectivity index (χ4v) is 6.50. The fourth-order valence-electron chi connectivity index (χ4n) is 4.46. The largest absolute Gasteiger partial charge is 0.488 e. The second-order valence-electron chi connectivity index (χ2n) is 9.91. The Morgan fingerprint density at radius 1 is 1.29 bits per heavy atom. The van der Waals surface area contributed by atoms with Gasteiger partial charge in [0.1, 0.15) is 16.1 Å². The molecule has 1 amide bonds. The van der Waals surface area contributed by atoms with Crippen LogP contribution < -0.4 is 9.46 Å². The Kier molecular flexibility index (Phi) is 8.05. The van der Waals surface area contributed by atoms with Crippen LogP contribution in [-0.4, -0.2) is 74.7 Å². The van der Waals surface area contributed by atoms with Crippen LogP contribution in [0.2, 0.25) is 0 Å². The van der Waals surface area contributed by atoms with Crippen LogP contribution in [0.1, 0.15) is 32.3 Å². The fraction of sp³-hybridized carbons (Fsp3) is 0.560. The average Bonchev–Trinajstić information content (AvgIpc) is 3.42. The number of fused-ring (bicyclic) bond motifs is 1. The first-order chi connectivity index (χ1) is 16.7. The van der Waals surface area contributed by atoms with Gasteiger partial charge in [-0.1, -0.05) is 13.0 Å². The minimum absolute atomic E-state index is 0.0394. The summed E-state index contributed by atoms with van der Waals surface area (Å²) in [5.74, 6) is 1.27.